The van der Waals surface area contributed by atoms with Gasteiger partial charge >= 0.3 is 6.61 Å². The monoisotopic (exact) mass is 284 g/mol. The second-order valence-corrected chi connectivity index (χ2v) is 4.79. The average Bonchev–Trinajstić information content (AvgIpc) is 2.45. The first-order valence-corrected chi connectivity index (χ1v) is 6.67. The van der Waals surface area contributed by atoms with Crippen LogP contribution in [0.5, 0.6) is 5.75 Å². The highest BCUT2D eigenvalue weighted by atomic mass is 19.3. The molecule has 4 nitrogen and oxygen atoms in total. The highest BCUT2D eigenvalue weighted by Crippen LogP contribution is 2.16. The van der Waals surface area contributed by atoms with Gasteiger partial charge in [-0.05, 0) is 37.1 Å². The summed E-state index contributed by atoms with van der Waals surface area (Å²) in [4.78, 5) is 11.9. The summed E-state index contributed by atoms with van der Waals surface area (Å²) >= 11 is 0. The Morgan fingerprint density at radius 3 is 3.05 bits per heavy atom. The SMILES string of the molecule is O=C(NCc1cccc(OC(F)F)c1)C1CCCNC1. The number of ether oxygens (including phenoxy) is 1. The van der Waals surface area contributed by atoms with Crippen LogP contribution < -0.4 is 15.4 Å². The van der Waals surface area contributed by atoms with Crippen molar-refractivity contribution in [3.05, 3.63) is 29.8 Å². The van der Waals surface area contributed by atoms with Gasteiger partial charge in [-0.3, -0.25) is 4.79 Å². The normalized spacial score (nSPS) is 18.9. The van der Waals surface area contributed by atoms with Gasteiger partial charge in [0, 0.05) is 13.1 Å². The Morgan fingerprint density at radius 1 is 1.50 bits per heavy atom. The second-order valence-electron chi connectivity index (χ2n) is 4.79. The third-order valence-electron chi connectivity index (χ3n) is 3.26. The van der Waals surface area contributed by atoms with Crippen LogP contribution in [0.4, 0.5) is 8.78 Å². The van der Waals surface area contributed by atoms with Gasteiger partial charge in [0.05, 0.1) is 5.92 Å². The molecule has 1 aromatic rings. The van der Waals surface area contributed by atoms with Gasteiger partial charge in [-0.1, -0.05) is 12.1 Å². The summed E-state index contributed by atoms with van der Waals surface area (Å²) < 4.78 is 28.5. The van der Waals surface area contributed by atoms with E-state index in [-0.39, 0.29) is 17.6 Å². The van der Waals surface area contributed by atoms with E-state index < -0.39 is 6.61 Å². The molecule has 1 atom stereocenters. The lowest BCUT2D eigenvalue weighted by Crippen LogP contribution is -2.40. The molecule has 1 unspecified atom stereocenters. The Bertz CT molecular complexity index is 449. The van der Waals surface area contributed by atoms with Crippen LogP contribution in [0.15, 0.2) is 24.3 Å². The maximum Gasteiger partial charge on any atom is 0.387 e. The fourth-order valence-corrected chi connectivity index (χ4v) is 2.24. The fourth-order valence-electron chi connectivity index (χ4n) is 2.24. The number of rotatable bonds is 5. The van der Waals surface area contributed by atoms with E-state index in [0.29, 0.717) is 13.1 Å². The van der Waals surface area contributed by atoms with Crippen molar-refractivity contribution in [2.24, 2.45) is 5.92 Å². The summed E-state index contributed by atoms with van der Waals surface area (Å²) in [6.45, 7) is -0.874. The van der Waals surface area contributed by atoms with Crippen LogP contribution in [0.1, 0.15) is 18.4 Å². The molecule has 0 radical (unpaired) electrons. The first-order valence-electron chi connectivity index (χ1n) is 6.67. The largest absolute Gasteiger partial charge is 0.435 e. The Balaban J connectivity index is 1.85. The number of amides is 1. The molecule has 1 aromatic carbocycles. The number of alkyl halides is 2. The van der Waals surface area contributed by atoms with Gasteiger partial charge < -0.3 is 15.4 Å². The van der Waals surface area contributed by atoms with Gasteiger partial charge in [-0.2, -0.15) is 8.78 Å². The van der Waals surface area contributed by atoms with E-state index >= 15 is 0 Å². The van der Waals surface area contributed by atoms with Crippen molar-refractivity contribution in [1.29, 1.82) is 0 Å². The van der Waals surface area contributed by atoms with E-state index in [1.165, 1.54) is 12.1 Å². The molecule has 2 N–H and O–H groups in total. The number of carbonyl (C=O) groups excluding carboxylic acids is 1. The zero-order chi connectivity index (χ0) is 14.4. The first-order chi connectivity index (χ1) is 9.65. The van der Waals surface area contributed by atoms with Crippen molar-refractivity contribution in [2.75, 3.05) is 13.1 Å². The predicted molar refractivity (Wildman–Crippen MR) is 70.5 cm³/mol. The molecule has 6 heteroatoms. The van der Waals surface area contributed by atoms with Crippen LogP contribution >= 0.6 is 0 Å². The van der Waals surface area contributed by atoms with Gasteiger partial charge in [0.1, 0.15) is 5.75 Å². The molecule has 1 saturated heterocycles. The molecule has 0 saturated carbocycles. The highest BCUT2D eigenvalue weighted by molar-refractivity contribution is 5.78. The number of hydrogen-bond acceptors (Lipinski definition) is 3. The molecule has 1 aliphatic rings. The van der Waals surface area contributed by atoms with Crippen molar-refractivity contribution < 1.29 is 18.3 Å². The molecule has 20 heavy (non-hydrogen) atoms. The second kappa shape index (κ2) is 7.19. The predicted octanol–water partition coefficient (Wildman–Crippen LogP) is 1.90. The Kier molecular flexibility index (Phi) is 5.29. The van der Waals surface area contributed by atoms with E-state index in [1.54, 1.807) is 12.1 Å². The van der Waals surface area contributed by atoms with Crippen LogP contribution in [0.3, 0.4) is 0 Å². The van der Waals surface area contributed by atoms with Crippen LogP contribution in [0.25, 0.3) is 0 Å². The van der Waals surface area contributed by atoms with Gasteiger partial charge in [-0.15, -0.1) is 0 Å². The molecule has 0 aromatic heterocycles. The third-order valence-corrected chi connectivity index (χ3v) is 3.26. The summed E-state index contributed by atoms with van der Waals surface area (Å²) in [6.07, 6.45) is 1.88. The fraction of sp³-hybridized carbons (Fsp3) is 0.500. The average molecular weight is 284 g/mol. The Hall–Kier alpha value is -1.69. The summed E-state index contributed by atoms with van der Waals surface area (Å²) in [5.41, 5.74) is 0.736. The molecule has 110 valence electrons. The maximum atomic E-state index is 12.1. The third kappa shape index (κ3) is 4.45. The molecule has 0 aliphatic carbocycles. The minimum atomic E-state index is -2.84. The molecule has 0 spiro atoms. The lowest BCUT2D eigenvalue weighted by molar-refractivity contribution is -0.125. The van der Waals surface area contributed by atoms with E-state index in [4.69, 9.17) is 0 Å². The Labute approximate surface area is 116 Å². The first kappa shape index (κ1) is 14.7. The standard InChI is InChI=1S/C14H18F2N2O2/c15-14(16)20-12-5-1-3-10(7-12)8-18-13(19)11-4-2-6-17-9-11/h1,3,5,7,11,14,17H,2,4,6,8-9H2,(H,18,19). The molecule has 1 amide bonds. The summed E-state index contributed by atoms with van der Waals surface area (Å²) in [5.74, 6) is 0.0905. The van der Waals surface area contributed by atoms with Crippen molar-refractivity contribution in [1.82, 2.24) is 10.6 Å². The molecule has 1 heterocycles. The molecule has 1 aliphatic heterocycles. The minimum Gasteiger partial charge on any atom is -0.435 e. The van der Waals surface area contributed by atoms with Crippen LogP contribution in [-0.4, -0.2) is 25.6 Å². The summed E-state index contributed by atoms with van der Waals surface area (Å²) in [7, 11) is 0. The lowest BCUT2D eigenvalue weighted by Gasteiger charge is -2.21. The molecular weight excluding hydrogens is 266 g/mol. The van der Waals surface area contributed by atoms with Crippen LogP contribution in [0, 0.1) is 5.92 Å². The van der Waals surface area contributed by atoms with Crippen molar-refractivity contribution in [3.8, 4) is 5.75 Å². The quantitative estimate of drug-likeness (QED) is 0.868. The van der Waals surface area contributed by atoms with Gasteiger partial charge in [-0.25, -0.2) is 0 Å². The van der Waals surface area contributed by atoms with E-state index in [9.17, 15) is 13.6 Å². The molecule has 2 rings (SSSR count). The highest BCUT2D eigenvalue weighted by Gasteiger charge is 2.20. The number of hydrogen-bond donors (Lipinski definition) is 2. The van der Waals surface area contributed by atoms with Crippen LogP contribution in [-0.2, 0) is 11.3 Å². The summed E-state index contributed by atoms with van der Waals surface area (Å²) in [6, 6.07) is 6.35. The molecule has 1 fully saturated rings. The lowest BCUT2D eigenvalue weighted by atomic mass is 9.99. The topological polar surface area (TPSA) is 50.4 Å². The zero-order valence-corrected chi connectivity index (χ0v) is 11.1. The number of benzene rings is 1. The van der Waals surface area contributed by atoms with Gasteiger partial charge in [0.15, 0.2) is 0 Å². The smallest absolute Gasteiger partial charge is 0.387 e. The number of nitrogens with one attached hydrogen (secondary N) is 2. The van der Waals surface area contributed by atoms with Crippen molar-refractivity contribution >= 4 is 5.91 Å². The number of carbonyl (C=O) groups is 1. The van der Waals surface area contributed by atoms with E-state index in [0.717, 1.165) is 24.9 Å². The van der Waals surface area contributed by atoms with Gasteiger partial charge in [0.25, 0.3) is 0 Å². The van der Waals surface area contributed by atoms with Crippen molar-refractivity contribution in [2.45, 2.75) is 26.0 Å². The summed E-state index contributed by atoms with van der Waals surface area (Å²) in [5, 5.41) is 6.01. The maximum absolute atomic E-state index is 12.1. The molecular formula is C14H18F2N2O2. The minimum absolute atomic E-state index is 0.00242. The van der Waals surface area contributed by atoms with Crippen molar-refractivity contribution in [3.63, 3.8) is 0 Å². The van der Waals surface area contributed by atoms with Crippen LogP contribution in [0.2, 0.25) is 0 Å². The van der Waals surface area contributed by atoms with E-state index in [1.807, 2.05) is 0 Å². The molecule has 0 bridgehead atoms. The zero-order valence-electron chi connectivity index (χ0n) is 11.1. The van der Waals surface area contributed by atoms with Gasteiger partial charge in [0.2, 0.25) is 5.91 Å². The number of piperidine rings is 1. The Morgan fingerprint density at radius 2 is 2.35 bits per heavy atom. The number of halogens is 2. The van der Waals surface area contributed by atoms with E-state index in [2.05, 4.69) is 15.4 Å².